The fourth-order valence-corrected chi connectivity index (χ4v) is 3.80. The molecule has 26 heavy (non-hydrogen) atoms. The van der Waals surface area contributed by atoms with E-state index in [4.69, 9.17) is 5.11 Å². The van der Waals surface area contributed by atoms with Crippen LogP contribution in [0.5, 0.6) is 0 Å². The van der Waals surface area contributed by atoms with E-state index in [9.17, 15) is 14.4 Å². The second kappa shape index (κ2) is 8.34. The van der Waals surface area contributed by atoms with Gasteiger partial charge < -0.3 is 15.7 Å². The lowest BCUT2D eigenvalue weighted by atomic mass is 9.73. The maximum Gasteiger partial charge on any atom is 0.307 e. The number of carbonyl (C=O) groups excluding carboxylic acids is 2. The molecule has 3 rings (SSSR count). The first kappa shape index (κ1) is 18.4. The van der Waals surface area contributed by atoms with Gasteiger partial charge in [0.15, 0.2) is 0 Å². The van der Waals surface area contributed by atoms with Gasteiger partial charge in [-0.05, 0) is 43.4 Å². The van der Waals surface area contributed by atoms with Crippen LogP contribution in [-0.4, -0.2) is 22.9 Å². The lowest BCUT2D eigenvalue weighted by molar-refractivity contribution is -0.152. The number of carbonyl (C=O) groups is 3. The van der Waals surface area contributed by atoms with Gasteiger partial charge in [-0.3, -0.25) is 14.4 Å². The van der Waals surface area contributed by atoms with Crippen LogP contribution in [0, 0.1) is 17.8 Å². The fourth-order valence-electron chi connectivity index (χ4n) is 3.80. The number of hydrogen-bond acceptors (Lipinski definition) is 3. The quantitative estimate of drug-likeness (QED) is 0.728. The summed E-state index contributed by atoms with van der Waals surface area (Å²) in [7, 11) is 0. The van der Waals surface area contributed by atoms with E-state index in [2.05, 4.69) is 10.6 Å². The van der Waals surface area contributed by atoms with Gasteiger partial charge in [0.05, 0.1) is 11.8 Å². The van der Waals surface area contributed by atoms with Gasteiger partial charge in [-0.2, -0.15) is 0 Å². The molecule has 2 saturated carbocycles. The number of nitrogens with one attached hydrogen (secondary N) is 2. The third kappa shape index (κ3) is 4.42. The van der Waals surface area contributed by atoms with Gasteiger partial charge in [-0.25, -0.2) is 0 Å². The monoisotopic (exact) mass is 358 g/mol. The zero-order valence-corrected chi connectivity index (χ0v) is 14.9. The zero-order valence-electron chi connectivity index (χ0n) is 14.9. The smallest absolute Gasteiger partial charge is 0.307 e. The summed E-state index contributed by atoms with van der Waals surface area (Å²) in [4.78, 5) is 35.5. The molecule has 2 unspecified atom stereocenters. The molecule has 140 valence electrons. The fraction of sp³-hybridized carbons (Fsp3) is 0.550. The number of carboxylic acids is 1. The first-order valence-electron chi connectivity index (χ1n) is 9.45. The molecule has 0 heterocycles. The number of amides is 2. The van der Waals surface area contributed by atoms with Crippen LogP contribution in [0.2, 0.25) is 0 Å². The van der Waals surface area contributed by atoms with Crippen molar-refractivity contribution in [1.29, 1.82) is 0 Å². The number of aliphatic carboxylic acids is 1. The Morgan fingerprint density at radius 3 is 2.35 bits per heavy atom. The summed E-state index contributed by atoms with van der Waals surface area (Å²) < 4.78 is 0. The number of anilines is 1. The largest absolute Gasteiger partial charge is 0.481 e. The Balaban J connectivity index is 1.51. The molecule has 2 aliphatic rings. The SMILES string of the molecule is O=C(Nc1cccc(CNC(=O)C2CCC2C(=O)O)c1)C1CCCCC1. The Morgan fingerprint density at radius 2 is 1.69 bits per heavy atom. The van der Waals surface area contributed by atoms with Gasteiger partial charge in [0.1, 0.15) is 0 Å². The van der Waals surface area contributed by atoms with E-state index in [1.54, 1.807) is 0 Å². The van der Waals surface area contributed by atoms with Crippen molar-refractivity contribution in [3.63, 3.8) is 0 Å². The average molecular weight is 358 g/mol. The molecule has 1 aromatic rings. The van der Waals surface area contributed by atoms with Crippen LogP contribution in [0.1, 0.15) is 50.5 Å². The highest BCUT2D eigenvalue weighted by molar-refractivity contribution is 5.92. The van der Waals surface area contributed by atoms with Crippen molar-refractivity contribution in [3.05, 3.63) is 29.8 Å². The van der Waals surface area contributed by atoms with Crippen molar-refractivity contribution in [2.75, 3.05) is 5.32 Å². The summed E-state index contributed by atoms with van der Waals surface area (Å²) >= 11 is 0. The van der Waals surface area contributed by atoms with Gasteiger partial charge in [-0.1, -0.05) is 31.4 Å². The minimum Gasteiger partial charge on any atom is -0.481 e. The van der Waals surface area contributed by atoms with E-state index in [-0.39, 0.29) is 17.7 Å². The van der Waals surface area contributed by atoms with Crippen LogP contribution in [0.4, 0.5) is 5.69 Å². The Labute approximate surface area is 153 Å². The van der Waals surface area contributed by atoms with Crippen molar-refractivity contribution in [2.24, 2.45) is 17.8 Å². The molecule has 0 saturated heterocycles. The molecule has 6 nitrogen and oxygen atoms in total. The lowest BCUT2D eigenvalue weighted by Gasteiger charge is -2.31. The highest BCUT2D eigenvalue weighted by atomic mass is 16.4. The maximum absolute atomic E-state index is 12.3. The number of hydrogen-bond donors (Lipinski definition) is 3. The Morgan fingerprint density at radius 1 is 0.962 bits per heavy atom. The normalized spacial score (nSPS) is 22.9. The Bertz CT molecular complexity index is 682. The van der Waals surface area contributed by atoms with Crippen molar-refractivity contribution >= 4 is 23.5 Å². The number of benzene rings is 1. The summed E-state index contributed by atoms with van der Waals surface area (Å²) in [6, 6.07) is 7.43. The van der Waals surface area contributed by atoms with E-state index >= 15 is 0 Å². The third-order valence-electron chi connectivity index (χ3n) is 5.57. The standard InChI is InChI=1S/C20H26N2O4/c23-18(14-6-2-1-3-7-14)22-15-8-4-5-13(11-15)12-21-19(24)16-9-10-17(16)20(25)26/h4-5,8,11,14,16-17H,1-3,6-7,9-10,12H2,(H,21,24)(H,22,23)(H,25,26). The summed E-state index contributed by atoms with van der Waals surface area (Å²) in [5.74, 6) is -1.93. The van der Waals surface area contributed by atoms with Crippen molar-refractivity contribution in [2.45, 2.75) is 51.5 Å². The summed E-state index contributed by atoms with van der Waals surface area (Å²) in [6.07, 6.45) is 6.53. The molecule has 2 atom stereocenters. The molecule has 6 heteroatoms. The molecule has 0 bridgehead atoms. The molecule has 0 radical (unpaired) electrons. The van der Waals surface area contributed by atoms with Crippen LogP contribution in [0.3, 0.4) is 0 Å². The predicted molar refractivity (Wildman–Crippen MR) is 97.3 cm³/mol. The first-order valence-corrected chi connectivity index (χ1v) is 9.45. The van der Waals surface area contributed by atoms with Gasteiger partial charge >= 0.3 is 5.97 Å². The van der Waals surface area contributed by atoms with Gasteiger partial charge in [-0.15, -0.1) is 0 Å². The molecule has 0 spiro atoms. The van der Waals surface area contributed by atoms with Crippen molar-refractivity contribution in [3.8, 4) is 0 Å². The maximum atomic E-state index is 12.3. The Hall–Kier alpha value is -2.37. The molecular weight excluding hydrogens is 332 g/mol. The van der Waals surface area contributed by atoms with E-state index < -0.39 is 17.8 Å². The van der Waals surface area contributed by atoms with E-state index in [0.29, 0.717) is 19.4 Å². The first-order chi connectivity index (χ1) is 12.5. The second-order valence-electron chi connectivity index (χ2n) is 7.37. The van der Waals surface area contributed by atoms with Crippen LogP contribution < -0.4 is 10.6 Å². The van der Waals surface area contributed by atoms with E-state index in [0.717, 1.165) is 36.9 Å². The highest BCUT2D eigenvalue weighted by Crippen LogP contribution is 2.34. The highest BCUT2D eigenvalue weighted by Gasteiger charge is 2.41. The van der Waals surface area contributed by atoms with Crippen LogP contribution in [0.25, 0.3) is 0 Å². The van der Waals surface area contributed by atoms with E-state index in [1.165, 1.54) is 6.42 Å². The van der Waals surface area contributed by atoms with Crippen molar-refractivity contribution < 1.29 is 19.5 Å². The summed E-state index contributed by atoms with van der Waals surface area (Å²) in [6.45, 7) is 0.328. The molecule has 2 aliphatic carbocycles. The van der Waals surface area contributed by atoms with E-state index in [1.807, 2.05) is 24.3 Å². The third-order valence-corrected chi connectivity index (χ3v) is 5.57. The molecule has 2 amide bonds. The number of rotatable bonds is 6. The van der Waals surface area contributed by atoms with Gasteiger partial charge in [0, 0.05) is 18.2 Å². The molecule has 0 aliphatic heterocycles. The van der Waals surface area contributed by atoms with Crippen LogP contribution in [0.15, 0.2) is 24.3 Å². The minimum atomic E-state index is -0.899. The molecule has 1 aromatic carbocycles. The Kier molecular flexibility index (Phi) is 5.91. The zero-order chi connectivity index (χ0) is 18.5. The molecular formula is C20H26N2O4. The molecule has 0 aromatic heterocycles. The number of carboxylic acid groups (broad SMARTS) is 1. The van der Waals surface area contributed by atoms with Crippen LogP contribution in [-0.2, 0) is 20.9 Å². The van der Waals surface area contributed by atoms with Gasteiger partial charge in [0.2, 0.25) is 11.8 Å². The topological polar surface area (TPSA) is 95.5 Å². The van der Waals surface area contributed by atoms with Crippen LogP contribution >= 0.6 is 0 Å². The summed E-state index contributed by atoms with van der Waals surface area (Å²) in [5.41, 5.74) is 1.62. The van der Waals surface area contributed by atoms with Gasteiger partial charge in [0.25, 0.3) is 0 Å². The minimum absolute atomic E-state index is 0.0738. The van der Waals surface area contributed by atoms with Crippen molar-refractivity contribution in [1.82, 2.24) is 5.32 Å². The average Bonchev–Trinajstić information content (AvgIpc) is 2.59. The molecule has 3 N–H and O–H groups in total. The summed E-state index contributed by atoms with van der Waals surface area (Å²) in [5, 5.41) is 14.8. The second-order valence-corrected chi connectivity index (χ2v) is 7.37. The molecule has 2 fully saturated rings. The lowest BCUT2D eigenvalue weighted by Crippen LogP contribution is -2.43. The predicted octanol–water partition coefficient (Wildman–Crippen LogP) is 2.93.